The normalized spacial score (nSPS) is 11.4. The number of nitrogens with one attached hydrogen (secondary N) is 1. The van der Waals surface area contributed by atoms with Gasteiger partial charge in [0.15, 0.2) is 0 Å². The Morgan fingerprint density at radius 2 is 2.19 bits per heavy atom. The molecule has 0 aliphatic carbocycles. The average molecular weight is 325 g/mol. The van der Waals surface area contributed by atoms with Gasteiger partial charge in [0.2, 0.25) is 10.0 Å². The summed E-state index contributed by atoms with van der Waals surface area (Å²) in [7, 11) is -3.51. The molecule has 0 radical (unpaired) electrons. The van der Waals surface area contributed by atoms with Crippen molar-refractivity contribution >= 4 is 37.6 Å². The number of sulfonamides is 1. The highest BCUT2D eigenvalue weighted by atomic mass is 79.9. The Morgan fingerprint density at radius 3 is 2.69 bits per heavy atom. The Balaban J connectivity index is 2.99. The molecule has 88 valence electrons. The summed E-state index contributed by atoms with van der Waals surface area (Å²) in [6, 6.07) is 4.80. The molecular weight excluding hydrogens is 314 g/mol. The predicted molar refractivity (Wildman–Crippen MR) is 69.1 cm³/mol. The summed E-state index contributed by atoms with van der Waals surface area (Å²) in [5, 5.41) is 0.248. The first-order valence-corrected chi connectivity index (χ1v) is 7.07. The SMILES string of the molecule is C=C(Cl)CNS(=O)(=O)c1ccc(Br)c(C)c1. The van der Waals surface area contributed by atoms with Crippen molar-refractivity contribution in [3.05, 3.63) is 39.8 Å². The zero-order chi connectivity index (χ0) is 12.3. The van der Waals surface area contributed by atoms with Crippen LogP contribution in [0.3, 0.4) is 0 Å². The van der Waals surface area contributed by atoms with E-state index < -0.39 is 10.0 Å². The Kier molecular flexibility index (Phi) is 4.55. The Hall–Kier alpha value is -0.360. The van der Waals surface area contributed by atoms with E-state index in [1.807, 2.05) is 6.92 Å². The summed E-state index contributed by atoms with van der Waals surface area (Å²) in [5.74, 6) is 0. The number of benzene rings is 1. The molecule has 0 aliphatic heterocycles. The maximum absolute atomic E-state index is 11.8. The molecule has 0 heterocycles. The molecule has 0 saturated carbocycles. The molecule has 0 aromatic heterocycles. The summed E-state index contributed by atoms with van der Waals surface area (Å²) in [4.78, 5) is 0.214. The first kappa shape index (κ1) is 13.7. The lowest BCUT2D eigenvalue weighted by Gasteiger charge is -2.07. The summed E-state index contributed by atoms with van der Waals surface area (Å²) in [6.07, 6.45) is 0. The zero-order valence-corrected chi connectivity index (χ0v) is 11.8. The van der Waals surface area contributed by atoms with Gasteiger partial charge in [-0.15, -0.1) is 0 Å². The van der Waals surface area contributed by atoms with Crippen LogP contribution in [0.1, 0.15) is 5.56 Å². The van der Waals surface area contributed by atoms with E-state index in [2.05, 4.69) is 27.2 Å². The molecule has 1 aromatic rings. The summed E-state index contributed by atoms with van der Waals surface area (Å²) in [5.41, 5.74) is 0.854. The molecule has 1 aromatic carbocycles. The van der Waals surface area contributed by atoms with Crippen LogP contribution in [-0.2, 0) is 10.0 Å². The van der Waals surface area contributed by atoms with E-state index in [4.69, 9.17) is 11.6 Å². The van der Waals surface area contributed by atoms with Crippen LogP contribution in [0.25, 0.3) is 0 Å². The van der Waals surface area contributed by atoms with Gasteiger partial charge >= 0.3 is 0 Å². The van der Waals surface area contributed by atoms with Crippen LogP contribution >= 0.6 is 27.5 Å². The van der Waals surface area contributed by atoms with E-state index in [9.17, 15) is 8.42 Å². The van der Waals surface area contributed by atoms with E-state index in [0.29, 0.717) is 0 Å². The predicted octanol–water partition coefficient (Wildman–Crippen LogP) is 2.79. The lowest BCUT2D eigenvalue weighted by Crippen LogP contribution is -2.24. The molecular formula is C10H11BrClNO2S. The fraction of sp³-hybridized carbons (Fsp3) is 0.200. The van der Waals surface area contributed by atoms with Crippen LogP contribution in [-0.4, -0.2) is 15.0 Å². The van der Waals surface area contributed by atoms with Crippen molar-refractivity contribution in [2.24, 2.45) is 0 Å². The van der Waals surface area contributed by atoms with Gasteiger partial charge in [-0.05, 0) is 30.7 Å². The number of hydrogen-bond donors (Lipinski definition) is 1. The van der Waals surface area contributed by atoms with Crippen LogP contribution in [0.15, 0.2) is 39.2 Å². The van der Waals surface area contributed by atoms with E-state index >= 15 is 0 Å². The second-order valence-electron chi connectivity index (χ2n) is 3.25. The van der Waals surface area contributed by atoms with Crippen LogP contribution in [0, 0.1) is 6.92 Å². The number of hydrogen-bond acceptors (Lipinski definition) is 2. The molecule has 0 fully saturated rings. The fourth-order valence-corrected chi connectivity index (χ4v) is 2.54. The van der Waals surface area contributed by atoms with Gasteiger partial charge in [0.05, 0.1) is 4.90 Å². The average Bonchev–Trinajstić information content (AvgIpc) is 2.19. The van der Waals surface area contributed by atoms with Crippen molar-refractivity contribution in [3.63, 3.8) is 0 Å². The molecule has 1 N–H and O–H groups in total. The molecule has 0 unspecified atom stereocenters. The monoisotopic (exact) mass is 323 g/mol. The molecule has 3 nitrogen and oxygen atoms in total. The van der Waals surface area contributed by atoms with Crippen molar-refractivity contribution < 1.29 is 8.42 Å². The van der Waals surface area contributed by atoms with E-state index in [0.717, 1.165) is 10.0 Å². The van der Waals surface area contributed by atoms with Gasteiger partial charge in [0.25, 0.3) is 0 Å². The lowest BCUT2D eigenvalue weighted by molar-refractivity contribution is 0.585. The third kappa shape index (κ3) is 3.59. The van der Waals surface area contributed by atoms with Crippen LogP contribution < -0.4 is 4.72 Å². The molecule has 0 amide bonds. The summed E-state index contributed by atoms with van der Waals surface area (Å²) in [6.45, 7) is 5.26. The second-order valence-corrected chi connectivity index (χ2v) is 6.41. The van der Waals surface area contributed by atoms with E-state index in [-0.39, 0.29) is 16.5 Å². The van der Waals surface area contributed by atoms with Crippen LogP contribution in [0.2, 0.25) is 0 Å². The smallest absolute Gasteiger partial charge is 0.207 e. The van der Waals surface area contributed by atoms with Gasteiger partial charge in [-0.3, -0.25) is 0 Å². The highest BCUT2D eigenvalue weighted by molar-refractivity contribution is 9.10. The van der Waals surface area contributed by atoms with Gasteiger partial charge in [-0.2, -0.15) is 0 Å². The molecule has 16 heavy (non-hydrogen) atoms. The molecule has 0 atom stereocenters. The highest BCUT2D eigenvalue weighted by Crippen LogP contribution is 2.19. The van der Waals surface area contributed by atoms with Crippen molar-refractivity contribution in [1.82, 2.24) is 4.72 Å². The first-order valence-electron chi connectivity index (χ1n) is 4.42. The second kappa shape index (κ2) is 5.31. The largest absolute Gasteiger partial charge is 0.240 e. The third-order valence-electron chi connectivity index (χ3n) is 1.89. The Bertz CT molecular complexity index is 514. The van der Waals surface area contributed by atoms with Gasteiger partial charge in [-0.1, -0.05) is 34.1 Å². The minimum Gasteiger partial charge on any atom is -0.207 e. The molecule has 0 spiro atoms. The van der Waals surface area contributed by atoms with Crippen molar-refractivity contribution in [2.45, 2.75) is 11.8 Å². The van der Waals surface area contributed by atoms with E-state index in [1.165, 1.54) is 6.07 Å². The van der Waals surface area contributed by atoms with Gasteiger partial charge in [0.1, 0.15) is 0 Å². The Morgan fingerprint density at radius 1 is 1.56 bits per heavy atom. The van der Waals surface area contributed by atoms with Crippen molar-refractivity contribution in [2.75, 3.05) is 6.54 Å². The maximum Gasteiger partial charge on any atom is 0.240 e. The molecule has 1 rings (SSSR count). The summed E-state index contributed by atoms with van der Waals surface area (Å²) >= 11 is 8.81. The van der Waals surface area contributed by atoms with Gasteiger partial charge in [0, 0.05) is 16.0 Å². The molecule has 0 aliphatic rings. The standard InChI is InChI=1S/C10H11BrClNO2S/c1-7-5-9(3-4-10(7)11)16(14,15)13-6-8(2)12/h3-5,13H,2,6H2,1H3. The highest BCUT2D eigenvalue weighted by Gasteiger charge is 2.14. The Labute approximate surface area is 109 Å². The maximum atomic E-state index is 11.8. The number of halogens is 2. The van der Waals surface area contributed by atoms with Gasteiger partial charge < -0.3 is 0 Å². The number of aryl methyl sites for hydroxylation is 1. The molecule has 0 saturated heterocycles. The van der Waals surface area contributed by atoms with Crippen molar-refractivity contribution in [3.8, 4) is 0 Å². The first-order chi connectivity index (χ1) is 7.33. The lowest BCUT2D eigenvalue weighted by atomic mass is 10.2. The quantitative estimate of drug-likeness (QED) is 0.925. The summed E-state index contributed by atoms with van der Waals surface area (Å²) < 4.78 is 26.8. The zero-order valence-electron chi connectivity index (χ0n) is 8.63. The van der Waals surface area contributed by atoms with Crippen LogP contribution in [0.4, 0.5) is 0 Å². The molecule has 0 bridgehead atoms. The van der Waals surface area contributed by atoms with Gasteiger partial charge in [-0.25, -0.2) is 13.1 Å². The topological polar surface area (TPSA) is 46.2 Å². The molecule has 6 heteroatoms. The minimum atomic E-state index is -3.51. The van der Waals surface area contributed by atoms with E-state index in [1.54, 1.807) is 12.1 Å². The fourth-order valence-electron chi connectivity index (χ4n) is 1.04. The van der Waals surface area contributed by atoms with Crippen LogP contribution in [0.5, 0.6) is 0 Å². The minimum absolute atomic E-state index is 0.0268. The van der Waals surface area contributed by atoms with Crippen molar-refractivity contribution in [1.29, 1.82) is 0 Å². The number of rotatable bonds is 4. The third-order valence-corrected chi connectivity index (χ3v) is 4.32.